The van der Waals surface area contributed by atoms with Gasteiger partial charge in [-0.25, -0.2) is 9.18 Å². The maximum absolute atomic E-state index is 13.1. The van der Waals surface area contributed by atoms with Crippen molar-refractivity contribution < 1.29 is 9.18 Å². The van der Waals surface area contributed by atoms with Crippen LogP contribution in [0.3, 0.4) is 0 Å². The summed E-state index contributed by atoms with van der Waals surface area (Å²) >= 11 is 0. The van der Waals surface area contributed by atoms with E-state index in [9.17, 15) is 9.18 Å². The fourth-order valence-corrected chi connectivity index (χ4v) is 3.91. The number of carbonyl (C=O) groups excluding carboxylic acids is 1. The first-order chi connectivity index (χ1) is 12.2. The minimum absolute atomic E-state index is 0.265. The first-order valence-corrected chi connectivity index (χ1v) is 9.42. The SMILES string of the molecule is O=C(NCC1CCCN(CC2CCCNC2)C1)Nc1cccc(F)c1. The van der Waals surface area contributed by atoms with Gasteiger partial charge in [-0.3, -0.25) is 0 Å². The molecule has 0 aliphatic carbocycles. The Morgan fingerprint density at radius 1 is 1.28 bits per heavy atom. The predicted octanol–water partition coefficient (Wildman–Crippen LogP) is 2.66. The van der Waals surface area contributed by atoms with Crippen molar-refractivity contribution in [3.8, 4) is 0 Å². The average Bonchev–Trinajstić information content (AvgIpc) is 2.61. The normalized spacial score (nSPS) is 24.7. The number of halogens is 1. The third-order valence-corrected chi connectivity index (χ3v) is 5.15. The molecule has 5 nitrogen and oxygen atoms in total. The van der Waals surface area contributed by atoms with Gasteiger partial charge < -0.3 is 20.9 Å². The number of likely N-dealkylation sites (tertiary alicyclic amines) is 1. The molecule has 0 radical (unpaired) electrons. The highest BCUT2D eigenvalue weighted by molar-refractivity contribution is 5.89. The molecule has 1 aromatic carbocycles. The van der Waals surface area contributed by atoms with Crippen LogP contribution in [0.2, 0.25) is 0 Å². The lowest BCUT2D eigenvalue weighted by Gasteiger charge is -2.36. The number of urea groups is 1. The van der Waals surface area contributed by atoms with Crippen LogP contribution in [-0.4, -0.2) is 50.2 Å². The molecule has 3 rings (SSSR count). The number of benzene rings is 1. The van der Waals surface area contributed by atoms with Crippen molar-refractivity contribution in [3.05, 3.63) is 30.1 Å². The molecule has 0 saturated carbocycles. The Bertz CT molecular complexity index is 562. The molecule has 25 heavy (non-hydrogen) atoms. The van der Waals surface area contributed by atoms with E-state index in [4.69, 9.17) is 0 Å². The maximum atomic E-state index is 13.1. The van der Waals surface area contributed by atoms with Crippen LogP contribution in [0, 0.1) is 17.7 Å². The van der Waals surface area contributed by atoms with Gasteiger partial charge in [0.25, 0.3) is 0 Å². The smallest absolute Gasteiger partial charge is 0.319 e. The third-order valence-electron chi connectivity index (χ3n) is 5.15. The second-order valence-electron chi connectivity index (χ2n) is 7.33. The molecule has 2 atom stereocenters. The van der Waals surface area contributed by atoms with Crippen LogP contribution < -0.4 is 16.0 Å². The van der Waals surface area contributed by atoms with Crippen LogP contribution in [0.4, 0.5) is 14.9 Å². The third kappa shape index (κ3) is 5.97. The van der Waals surface area contributed by atoms with Crippen LogP contribution in [0.5, 0.6) is 0 Å². The lowest BCUT2D eigenvalue weighted by Crippen LogP contribution is -2.45. The summed E-state index contributed by atoms with van der Waals surface area (Å²) in [6.07, 6.45) is 4.95. The molecule has 2 amide bonds. The largest absolute Gasteiger partial charge is 0.338 e. The molecule has 0 bridgehead atoms. The summed E-state index contributed by atoms with van der Waals surface area (Å²) in [6.45, 7) is 6.34. The Kier molecular flexibility index (Phi) is 6.64. The summed E-state index contributed by atoms with van der Waals surface area (Å²) in [5, 5.41) is 9.10. The Labute approximate surface area is 149 Å². The first kappa shape index (κ1) is 18.1. The number of piperidine rings is 2. The zero-order valence-corrected chi connectivity index (χ0v) is 14.8. The minimum atomic E-state index is -0.349. The number of hydrogen-bond donors (Lipinski definition) is 3. The standard InChI is InChI=1S/C19H29FN4O/c20-17-6-1-7-18(10-17)23-19(25)22-12-16-5-3-9-24(14-16)13-15-4-2-8-21-11-15/h1,6-7,10,15-16,21H,2-5,8-9,11-14H2,(H2,22,23,25). The van der Waals surface area contributed by atoms with E-state index in [-0.39, 0.29) is 11.8 Å². The van der Waals surface area contributed by atoms with Crippen LogP contribution in [-0.2, 0) is 0 Å². The van der Waals surface area contributed by atoms with E-state index in [2.05, 4.69) is 20.9 Å². The highest BCUT2D eigenvalue weighted by Gasteiger charge is 2.23. The summed E-state index contributed by atoms with van der Waals surface area (Å²) in [6, 6.07) is 5.69. The van der Waals surface area contributed by atoms with Gasteiger partial charge in [-0.2, -0.15) is 0 Å². The molecule has 2 heterocycles. The predicted molar refractivity (Wildman–Crippen MR) is 98.2 cm³/mol. The highest BCUT2D eigenvalue weighted by atomic mass is 19.1. The van der Waals surface area contributed by atoms with Crippen molar-refractivity contribution in [2.45, 2.75) is 25.7 Å². The zero-order valence-electron chi connectivity index (χ0n) is 14.8. The molecule has 2 unspecified atom stereocenters. The van der Waals surface area contributed by atoms with E-state index in [0.29, 0.717) is 18.2 Å². The van der Waals surface area contributed by atoms with E-state index >= 15 is 0 Å². The summed E-state index contributed by atoms with van der Waals surface area (Å²) in [5.41, 5.74) is 0.479. The van der Waals surface area contributed by atoms with E-state index in [1.165, 1.54) is 44.5 Å². The molecular weight excluding hydrogens is 319 g/mol. The summed E-state index contributed by atoms with van der Waals surface area (Å²) in [4.78, 5) is 14.6. The monoisotopic (exact) mass is 348 g/mol. The van der Waals surface area contributed by atoms with Gasteiger partial charge >= 0.3 is 6.03 Å². The van der Waals surface area contributed by atoms with Crippen molar-refractivity contribution in [2.75, 3.05) is 44.6 Å². The topological polar surface area (TPSA) is 56.4 Å². The summed E-state index contributed by atoms with van der Waals surface area (Å²) < 4.78 is 13.1. The minimum Gasteiger partial charge on any atom is -0.338 e. The molecule has 0 aromatic heterocycles. The molecule has 0 spiro atoms. The van der Waals surface area contributed by atoms with Crippen LogP contribution in [0.15, 0.2) is 24.3 Å². The second-order valence-corrected chi connectivity index (χ2v) is 7.33. The molecule has 2 aliphatic heterocycles. The number of nitrogens with one attached hydrogen (secondary N) is 3. The van der Waals surface area contributed by atoms with Gasteiger partial charge in [0, 0.05) is 25.3 Å². The fraction of sp³-hybridized carbons (Fsp3) is 0.632. The van der Waals surface area contributed by atoms with Crippen molar-refractivity contribution in [1.29, 1.82) is 0 Å². The number of nitrogens with zero attached hydrogens (tertiary/aromatic N) is 1. The zero-order chi connectivity index (χ0) is 17.5. The number of carbonyl (C=O) groups is 1. The van der Waals surface area contributed by atoms with Crippen molar-refractivity contribution >= 4 is 11.7 Å². The Morgan fingerprint density at radius 2 is 2.16 bits per heavy atom. The van der Waals surface area contributed by atoms with E-state index in [1.54, 1.807) is 12.1 Å². The molecule has 6 heteroatoms. The van der Waals surface area contributed by atoms with Crippen molar-refractivity contribution in [3.63, 3.8) is 0 Å². The van der Waals surface area contributed by atoms with Gasteiger partial charge in [0.2, 0.25) is 0 Å². The number of amides is 2. The Morgan fingerprint density at radius 3 is 2.96 bits per heavy atom. The van der Waals surface area contributed by atoms with Crippen molar-refractivity contribution in [1.82, 2.24) is 15.5 Å². The molecule has 2 saturated heterocycles. The molecular formula is C19H29FN4O. The van der Waals surface area contributed by atoms with Gasteiger partial charge in [-0.15, -0.1) is 0 Å². The van der Waals surface area contributed by atoms with Gasteiger partial charge in [0.1, 0.15) is 5.82 Å². The average molecular weight is 348 g/mol. The molecule has 138 valence electrons. The quantitative estimate of drug-likeness (QED) is 0.767. The summed E-state index contributed by atoms with van der Waals surface area (Å²) in [7, 11) is 0. The highest BCUT2D eigenvalue weighted by Crippen LogP contribution is 2.19. The second kappa shape index (κ2) is 9.15. The lowest BCUT2D eigenvalue weighted by molar-refractivity contribution is 0.141. The molecule has 2 fully saturated rings. The van der Waals surface area contributed by atoms with Crippen molar-refractivity contribution in [2.24, 2.45) is 11.8 Å². The molecule has 2 aliphatic rings. The van der Waals surface area contributed by atoms with E-state index in [0.717, 1.165) is 32.0 Å². The first-order valence-electron chi connectivity index (χ1n) is 9.42. The van der Waals surface area contributed by atoms with Gasteiger partial charge in [0.15, 0.2) is 0 Å². The van der Waals surface area contributed by atoms with E-state index in [1.807, 2.05) is 0 Å². The van der Waals surface area contributed by atoms with Gasteiger partial charge in [-0.1, -0.05) is 6.07 Å². The molecule has 1 aromatic rings. The number of hydrogen-bond acceptors (Lipinski definition) is 3. The number of rotatable bonds is 5. The fourth-order valence-electron chi connectivity index (χ4n) is 3.91. The van der Waals surface area contributed by atoms with Gasteiger partial charge in [-0.05, 0) is 75.4 Å². The molecule has 3 N–H and O–H groups in total. The Balaban J connectivity index is 1.39. The number of anilines is 1. The van der Waals surface area contributed by atoms with Crippen LogP contribution in [0.25, 0.3) is 0 Å². The van der Waals surface area contributed by atoms with Gasteiger partial charge in [0.05, 0.1) is 0 Å². The lowest BCUT2D eigenvalue weighted by atomic mass is 9.94. The van der Waals surface area contributed by atoms with Crippen LogP contribution >= 0.6 is 0 Å². The van der Waals surface area contributed by atoms with E-state index < -0.39 is 0 Å². The van der Waals surface area contributed by atoms with Crippen LogP contribution in [0.1, 0.15) is 25.7 Å². The summed E-state index contributed by atoms with van der Waals surface area (Å²) in [5.74, 6) is 0.901. The maximum Gasteiger partial charge on any atom is 0.319 e. The Hall–Kier alpha value is -1.66.